The van der Waals surface area contributed by atoms with Crippen LogP contribution in [0, 0.1) is 12.3 Å². The molecule has 0 amide bonds. The van der Waals surface area contributed by atoms with Crippen molar-refractivity contribution in [1.82, 2.24) is 0 Å². The molecule has 6 heteroatoms. The van der Waals surface area contributed by atoms with E-state index in [-0.39, 0.29) is 17.1 Å². The van der Waals surface area contributed by atoms with Gasteiger partial charge in [0, 0.05) is 0 Å². The molecule has 1 aromatic carbocycles. The van der Waals surface area contributed by atoms with E-state index in [1.165, 1.54) is 18.2 Å². The predicted molar refractivity (Wildman–Crippen MR) is 55.4 cm³/mol. The number of carboxylic acids is 2. The van der Waals surface area contributed by atoms with E-state index in [9.17, 15) is 19.8 Å². The highest BCUT2D eigenvalue weighted by Gasteiger charge is 2.04. The molecule has 0 unspecified atom stereocenters. The molecule has 18 heavy (non-hydrogen) atoms. The summed E-state index contributed by atoms with van der Waals surface area (Å²) in [6.45, 7) is -1.24. The van der Waals surface area contributed by atoms with Gasteiger partial charge < -0.3 is 29.3 Å². The van der Waals surface area contributed by atoms with Crippen LogP contribution in [0.1, 0.15) is 5.56 Å². The summed E-state index contributed by atoms with van der Waals surface area (Å²) in [5.41, 5.74) is 0.243. The molecule has 0 atom stereocenters. The number of rotatable bonds is 6. The fourth-order valence-corrected chi connectivity index (χ4v) is 1.12. The lowest BCUT2D eigenvalue weighted by atomic mass is 10.2. The third kappa shape index (κ3) is 4.06. The molecule has 0 spiro atoms. The Kier molecular flexibility index (Phi) is 4.58. The van der Waals surface area contributed by atoms with Crippen LogP contribution in [0.5, 0.6) is 11.5 Å². The quantitative estimate of drug-likeness (QED) is 0.536. The van der Waals surface area contributed by atoms with E-state index >= 15 is 0 Å². The molecule has 0 radical (unpaired) electrons. The number of aliphatic carboxylic acids is 2. The summed E-state index contributed by atoms with van der Waals surface area (Å²) in [6.07, 6.45) is 5.20. The molecule has 0 aliphatic rings. The van der Waals surface area contributed by atoms with Gasteiger partial charge in [0.15, 0.2) is 0 Å². The lowest BCUT2D eigenvalue weighted by Crippen LogP contribution is -2.29. The van der Waals surface area contributed by atoms with Gasteiger partial charge in [0.2, 0.25) is 0 Å². The van der Waals surface area contributed by atoms with Crippen molar-refractivity contribution in [2.75, 3.05) is 13.2 Å². The van der Waals surface area contributed by atoms with Crippen LogP contribution in [0.4, 0.5) is 0 Å². The monoisotopic (exact) mass is 248 g/mol. The van der Waals surface area contributed by atoms with Crippen LogP contribution in [0.3, 0.4) is 0 Å². The van der Waals surface area contributed by atoms with Crippen molar-refractivity contribution in [3.63, 3.8) is 0 Å². The standard InChI is InChI=1S/C12H10O6/c1-2-8-5-9(17-6-11(13)14)3-4-10(8)18-7-12(15)16/h1,3-5H,6-7H2,(H,13,14)(H,15,16)/p-2. The van der Waals surface area contributed by atoms with Gasteiger partial charge in [-0.05, 0) is 18.2 Å². The Morgan fingerprint density at radius 3 is 2.33 bits per heavy atom. The van der Waals surface area contributed by atoms with Gasteiger partial charge in [-0.15, -0.1) is 6.42 Å². The Labute approximate surface area is 103 Å². The van der Waals surface area contributed by atoms with Gasteiger partial charge in [-0.25, -0.2) is 0 Å². The van der Waals surface area contributed by atoms with E-state index < -0.39 is 25.2 Å². The molecule has 0 aliphatic carbocycles. The summed E-state index contributed by atoms with van der Waals surface area (Å²) in [4.78, 5) is 20.4. The molecule has 0 bridgehead atoms. The molecule has 1 rings (SSSR count). The lowest BCUT2D eigenvalue weighted by Gasteiger charge is -2.11. The zero-order valence-electron chi connectivity index (χ0n) is 9.17. The van der Waals surface area contributed by atoms with Crippen molar-refractivity contribution < 1.29 is 29.3 Å². The van der Waals surface area contributed by atoms with Crippen LogP contribution in [-0.2, 0) is 9.59 Å². The molecule has 0 saturated heterocycles. The van der Waals surface area contributed by atoms with Gasteiger partial charge in [-0.2, -0.15) is 0 Å². The van der Waals surface area contributed by atoms with Crippen molar-refractivity contribution in [1.29, 1.82) is 0 Å². The fraction of sp³-hybridized carbons (Fsp3) is 0.167. The second-order valence-corrected chi connectivity index (χ2v) is 3.12. The zero-order chi connectivity index (χ0) is 13.5. The first-order chi connectivity index (χ1) is 8.52. The maximum Gasteiger partial charge on any atom is 0.135 e. The maximum absolute atomic E-state index is 10.2. The first-order valence-electron chi connectivity index (χ1n) is 4.79. The average molecular weight is 248 g/mol. The van der Waals surface area contributed by atoms with E-state index in [0.717, 1.165) is 0 Å². The van der Waals surface area contributed by atoms with Crippen LogP contribution in [0.25, 0.3) is 0 Å². The summed E-state index contributed by atoms with van der Waals surface area (Å²) in [5, 5.41) is 20.4. The van der Waals surface area contributed by atoms with Crippen molar-refractivity contribution in [3.8, 4) is 23.8 Å². The number of ether oxygens (including phenoxy) is 2. The topological polar surface area (TPSA) is 98.7 Å². The summed E-state index contributed by atoms with van der Waals surface area (Å²) < 4.78 is 9.73. The third-order valence-corrected chi connectivity index (χ3v) is 1.81. The molecule has 0 aliphatic heterocycles. The Hall–Kier alpha value is -2.68. The molecule has 0 aromatic heterocycles. The summed E-state index contributed by atoms with van der Waals surface area (Å²) >= 11 is 0. The second kappa shape index (κ2) is 6.15. The largest absolute Gasteiger partial charge is 0.546 e. The first-order valence-corrected chi connectivity index (χ1v) is 4.79. The third-order valence-electron chi connectivity index (χ3n) is 1.81. The summed E-state index contributed by atoms with van der Waals surface area (Å²) in [5.74, 6) is -0.0949. The van der Waals surface area contributed by atoms with Crippen molar-refractivity contribution in [2.24, 2.45) is 0 Å². The first kappa shape index (κ1) is 13.4. The smallest absolute Gasteiger partial charge is 0.135 e. The molecule has 0 saturated carbocycles. The number of hydrogen-bond acceptors (Lipinski definition) is 6. The lowest BCUT2D eigenvalue weighted by molar-refractivity contribution is -0.308. The number of carbonyl (C=O) groups excluding carboxylic acids is 2. The minimum absolute atomic E-state index is 0.169. The molecule has 1 aromatic rings. The van der Waals surface area contributed by atoms with E-state index in [1.807, 2.05) is 0 Å². The highest BCUT2D eigenvalue weighted by atomic mass is 16.5. The van der Waals surface area contributed by atoms with Crippen LogP contribution in [-0.4, -0.2) is 25.2 Å². The Morgan fingerprint density at radius 1 is 1.17 bits per heavy atom. The Morgan fingerprint density at radius 2 is 1.78 bits per heavy atom. The van der Waals surface area contributed by atoms with E-state index in [4.69, 9.17) is 15.9 Å². The van der Waals surface area contributed by atoms with E-state index in [1.54, 1.807) is 0 Å². The van der Waals surface area contributed by atoms with Crippen molar-refractivity contribution in [2.45, 2.75) is 0 Å². The van der Waals surface area contributed by atoms with Crippen molar-refractivity contribution in [3.05, 3.63) is 23.8 Å². The normalized spacial score (nSPS) is 9.28. The van der Waals surface area contributed by atoms with Crippen LogP contribution in [0.15, 0.2) is 18.2 Å². The molecule has 6 nitrogen and oxygen atoms in total. The fourth-order valence-electron chi connectivity index (χ4n) is 1.12. The number of benzene rings is 1. The predicted octanol–water partition coefficient (Wildman–Crippen LogP) is -2.07. The van der Waals surface area contributed by atoms with Gasteiger partial charge in [0.1, 0.15) is 24.7 Å². The minimum atomic E-state index is -1.38. The number of terminal acetylenes is 1. The highest BCUT2D eigenvalue weighted by molar-refractivity contribution is 5.67. The SMILES string of the molecule is C#Cc1cc(OCC(=O)[O-])ccc1OCC(=O)[O-]. The average Bonchev–Trinajstić information content (AvgIpc) is 2.34. The van der Waals surface area contributed by atoms with E-state index in [0.29, 0.717) is 0 Å². The van der Waals surface area contributed by atoms with Gasteiger partial charge in [0.05, 0.1) is 17.5 Å². The molecular weight excluding hydrogens is 240 g/mol. The Bertz CT molecular complexity index is 500. The van der Waals surface area contributed by atoms with Gasteiger partial charge in [0.25, 0.3) is 0 Å². The number of carboxylic acid groups (broad SMARTS) is 2. The van der Waals surface area contributed by atoms with Crippen molar-refractivity contribution >= 4 is 11.9 Å². The molecule has 94 valence electrons. The van der Waals surface area contributed by atoms with Gasteiger partial charge in [-0.1, -0.05) is 5.92 Å². The van der Waals surface area contributed by atoms with Crippen LogP contribution in [0.2, 0.25) is 0 Å². The van der Waals surface area contributed by atoms with Crippen LogP contribution < -0.4 is 19.7 Å². The molecule has 0 fully saturated rings. The van der Waals surface area contributed by atoms with E-state index in [2.05, 4.69) is 5.92 Å². The van der Waals surface area contributed by atoms with Gasteiger partial charge >= 0.3 is 0 Å². The number of carbonyl (C=O) groups is 2. The molecule has 0 heterocycles. The van der Waals surface area contributed by atoms with Crippen LogP contribution >= 0.6 is 0 Å². The summed E-state index contributed by atoms with van der Waals surface area (Å²) in [6, 6.07) is 4.13. The minimum Gasteiger partial charge on any atom is -0.546 e. The zero-order valence-corrected chi connectivity index (χ0v) is 9.17. The highest BCUT2D eigenvalue weighted by Crippen LogP contribution is 2.23. The second-order valence-electron chi connectivity index (χ2n) is 3.12. The molecule has 0 N–H and O–H groups in total. The number of hydrogen-bond donors (Lipinski definition) is 0. The maximum atomic E-state index is 10.2. The molecular formula is C12H8O6-2. The van der Waals surface area contributed by atoms with Gasteiger partial charge in [-0.3, -0.25) is 0 Å². The summed E-state index contributed by atoms with van der Waals surface area (Å²) in [7, 11) is 0. The Balaban J connectivity index is 2.80.